The van der Waals surface area contributed by atoms with Crippen LogP contribution in [0.5, 0.6) is 0 Å². The largest absolute Gasteiger partial charge is 0.354 e. The topological polar surface area (TPSA) is 123 Å². The molecule has 9 nitrogen and oxygen atoms in total. The van der Waals surface area contributed by atoms with Crippen molar-refractivity contribution < 1.29 is 18.1 Å². The maximum atomic E-state index is 12.4. The Morgan fingerprint density at radius 2 is 1.88 bits per heavy atom. The molecule has 26 heavy (non-hydrogen) atoms. The predicted octanol–water partition coefficient (Wildman–Crippen LogP) is 2.38. The van der Waals surface area contributed by atoms with Gasteiger partial charge in [0.2, 0.25) is 10.0 Å². The van der Waals surface area contributed by atoms with Crippen molar-refractivity contribution >= 4 is 37.3 Å². The van der Waals surface area contributed by atoms with Crippen LogP contribution >= 0.6 is 11.3 Å². The molecule has 140 valence electrons. The van der Waals surface area contributed by atoms with Crippen LogP contribution in [0.15, 0.2) is 35.4 Å². The average molecular weight is 398 g/mol. The number of nitrogens with one attached hydrogen (secondary N) is 1. The van der Waals surface area contributed by atoms with Gasteiger partial charge in [0.15, 0.2) is 10.9 Å². The maximum absolute atomic E-state index is 12.4. The number of thiazole rings is 1. The molecule has 0 amide bonds. The Hall–Kier alpha value is -2.37. The van der Waals surface area contributed by atoms with E-state index < -0.39 is 14.9 Å². The fourth-order valence-corrected chi connectivity index (χ4v) is 4.30. The lowest BCUT2D eigenvalue weighted by Crippen LogP contribution is -2.30. The molecule has 0 aliphatic carbocycles. The number of hydrogen-bond acceptors (Lipinski definition) is 8. The summed E-state index contributed by atoms with van der Waals surface area (Å²) >= 11 is 0.834. The van der Waals surface area contributed by atoms with Gasteiger partial charge in [0.05, 0.1) is 16.4 Å². The van der Waals surface area contributed by atoms with Gasteiger partial charge in [0.25, 0.3) is 0 Å². The highest BCUT2D eigenvalue weighted by atomic mass is 32.2. The van der Waals surface area contributed by atoms with Gasteiger partial charge < -0.3 is 5.32 Å². The van der Waals surface area contributed by atoms with Crippen LogP contribution in [0.3, 0.4) is 0 Å². The summed E-state index contributed by atoms with van der Waals surface area (Å²) in [6.45, 7) is 4.14. The van der Waals surface area contributed by atoms with Crippen molar-refractivity contribution in [2.75, 3.05) is 25.0 Å². The van der Waals surface area contributed by atoms with E-state index in [0.29, 0.717) is 18.7 Å². The molecule has 0 bridgehead atoms. The summed E-state index contributed by atoms with van der Waals surface area (Å²) in [4.78, 5) is 26.2. The highest BCUT2D eigenvalue weighted by Gasteiger charge is 2.21. The van der Waals surface area contributed by atoms with Crippen molar-refractivity contribution in [3.63, 3.8) is 0 Å². The third kappa shape index (κ3) is 4.42. The first kappa shape index (κ1) is 19.9. The molecule has 0 saturated carbocycles. The minimum Gasteiger partial charge on any atom is -0.354 e. The van der Waals surface area contributed by atoms with Crippen molar-refractivity contribution in [3.05, 3.63) is 46.1 Å². The molecule has 0 aliphatic rings. The highest BCUT2D eigenvalue weighted by Crippen LogP contribution is 2.24. The van der Waals surface area contributed by atoms with Crippen molar-refractivity contribution in [1.29, 1.82) is 0 Å². The monoisotopic (exact) mass is 398 g/mol. The smallest absolute Gasteiger partial charge is 0.345 e. The van der Waals surface area contributed by atoms with E-state index >= 15 is 0 Å². The van der Waals surface area contributed by atoms with Crippen LogP contribution in [0, 0.1) is 10.1 Å². The highest BCUT2D eigenvalue weighted by molar-refractivity contribution is 7.89. The molecule has 1 N–H and O–H groups in total. The lowest BCUT2D eigenvalue weighted by molar-refractivity contribution is -0.380. The number of benzene rings is 1. The Morgan fingerprint density at radius 3 is 2.38 bits per heavy atom. The second-order valence-corrected chi connectivity index (χ2v) is 8.10. The first-order valence-corrected chi connectivity index (χ1v) is 10.0. The molecule has 0 fully saturated rings. The molecular formula is C15H18N4O5S2. The Bertz CT molecular complexity index is 889. The first-order chi connectivity index (χ1) is 12.3. The Morgan fingerprint density at radius 1 is 1.27 bits per heavy atom. The summed E-state index contributed by atoms with van der Waals surface area (Å²) in [6.07, 6.45) is 1.12. The summed E-state index contributed by atoms with van der Waals surface area (Å²) < 4.78 is 26.2. The van der Waals surface area contributed by atoms with E-state index in [0.717, 1.165) is 17.5 Å². The molecule has 1 heterocycles. The summed E-state index contributed by atoms with van der Waals surface area (Å²) in [6, 6.07) is 5.69. The van der Waals surface area contributed by atoms with Crippen molar-refractivity contribution in [2.45, 2.75) is 18.7 Å². The second-order valence-electron chi connectivity index (χ2n) is 5.15. The number of nitrogens with zero attached hydrogens (tertiary/aromatic N) is 3. The molecular weight excluding hydrogens is 380 g/mol. The molecule has 2 rings (SSSR count). The van der Waals surface area contributed by atoms with Crippen LogP contribution < -0.4 is 5.32 Å². The summed E-state index contributed by atoms with van der Waals surface area (Å²) in [7, 11) is -3.57. The van der Waals surface area contributed by atoms with Crippen molar-refractivity contribution in [2.24, 2.45) is 0 Å². The number of hydrogen-bond donors (Lipinski definition) is 1. The van der Waals surface area contributed by atoms with Crippen LogP contribution in [-0.2, 0) is 10.0 Å². The standard InChI is InChI=1S/C15H18N4O5S2/c1-3-18(4-2)26(23,24)12-7-5-11(6-8-12)13(20)9-16-15-17-10-14(25-15)19(21)22/h5-8,10H,3-4,9H2,1-2H3,(H,16,17). The summed E-state index contributed by atoms with van der Waals surface area (Å²) in [5.41, 5.74) is 0.335. The first-order valence-electron chi connectivity index (χ1n) is 7.77. The zero-order valence-corrected chi connectivity index (χ0v) is 15.8. The summed E-state index contributed by atoms with van der Waals surface area (Å²) in [5, 5.41) is 13.5. The zero-order chi connectivity index (χ0) is 19.3. The van der Waals surface area contributed by atoms with Gasteiger partial charge in [-0.2, -0.15) is 4.31 Å². The number of carbonyl (C=O) groups is 1. The number of anilines is 1. The lowest BCUT2D eigenvalue weighted by Gasteiger charge is -2.18. The van der Waals surface area contributed by atoms with E-state index in [9.17, 15) is 23.3 Å². The number of sulfonamides is 1. The molecule has 11 heteroatoms. The van der Waals surface area contributed by atoms with Crippen LogP contribution in [0.1, 0.15) is 24.2 Å². The average Bonchev–Trinajstić information content (AvgIpc) is 3.10. The number of rotatable bonds is 9. The molecule has 2 aromatic rings. The van der Waals surface area contributed by atoms with Gasteiger partial charge in [-0.25, -0.2) is 13.4 Å². The normalized spacial score (nSPS) is 11.5. The Labute approximate surface area is 154 Å². The van der Waals surface area contributed by atoms with Gasteiger partial charge in [0, 0.05) is 18.7 Å². The van der Waals surface area contributed by atoms with Gasteiger partial charge in [-0.3, -0.25) is 14.9 Å². The van der Waals surface area contributed by atoms with Gasteiger partial charge in [-0.1, -0.05) is 13.8 Å². The van der Waals surface area contributed by atoms with Crippen molar-refractivity contribution in [1.82, 2.24) is 9.29 Å². The van der Waals surface area contributed by atoms with Crippen LogP contribution in [-0.4, -0.2) is 48.0 Å². The fourth-order valence-electron chi connectivity index (χ4n) is 2.22. The van der Waals surface area contributed by atoms with Crippen LogP contribution in [0.4, 0.5) is 10.1 Å². The van der Waals surface area contributed by atoms with Crippen molar-refractivity contribution in [3.8, 4) is 0 Å². The van der Waals surface area contributed by atoms with E-state index in [4.69, 9.17) is 0 Å². The van der Waals surface area contributed by atoms with Crippen LogP contribution in [0.25, 0.3) is 0 Å². The third-order valence-electron chi connectivity index (χ3n) is 3.59. The zero-order valence-electron chi connectivity index (χ0n) is 14.2. The van der Waals surface area contributed by atoms with E-state index in [1.54, 1.807) is 13.8 Å². The van der Waals surface area contributed by atoms with Gasteiger partial charge in [0.1, 0.15) is 6.20 Å². The van der Waals surface area contributed by atoms with Crippen LogP contribution in [0.2, 0.25) is 0 Å². The maximum Gasteiger partial charge on any atom is 0.345 e. The Balaban J connectivity index is 2.05. The quantitative estimate of drug-likeness (QED) is 0.391. The second kappa shape index (κ2) is 8.34. The van der Waals surface area contributed by atoms with E-state index in [-0.39, 0.29) is 27.4 Å². The number of nitro groups is 1. The molecule has 0 atom stereocenters. The van der Waals surface area contributed by atoms with E-state index in [1.807, 2.05) is 0 Å². The van der Waals surface area contributed by atoms with Gasteiger partial charge in [-0.05, 0) is 35.6 Å². The van der Waals surface area contributed by atoms with E-state index in [1.165, 1.54) is 28.6 Å². The lowest BCUT2D eigenvalue weighted by atomic mass is 10.1. The fraction of sp³-hybridized carbons (Fsp3) is 0.333. The minimum absolute atomic E-state index is 0.104. The SMILES string of the molecule is CCN(CC)S(=O)(=O)c1ccc(C(=O)CNc2ncc([N+](=O)[O-])s2)cc1. The summed E-state index contributed by atoms with van der Waals surface area (Å²) in [5.74, 6) is -0.283. The molecule has 0 spiro atoms. The molecule has 0 unspecified atom stereocenters. The van der Waals surface area contributed by atoms with Gasteiger partial charge in [-0.15, -0.1) is 0 Å². The third-order valence-corrected chi connectivity index (χ3v) is 6.56. The molecule has 0 radical (unpaired) electrons. The molecule has 1 aromatic carbocycles. The van der Waals surface area contributed by atoms with E-state index in [2.05, 4.69) is 10.3 Å². The Kier molecular flexibility index (Phi) is 6.40. The predicted molar refractivity (Wildman–Crippen MR) is 98.1 cm³/mol. The molecule has 0 aliphatic heterocycles. The number of Topliss-reactive ketones (excluding diaryl/α,β-unsaturated/α-hetero) is 1. The molecule has 1 aromatic heterocycles. The minimum atomic E-state index is -3.57. The molecule has 0 saturated heterocycles. The number of ketones is 1. The van der Waals surface area contributed by atoms with Gasteiger partial charge >= 0.3 is 5.00 Å². The number of aromatic nitrogens is 1. The number of carbonyl (C=O) groups excluding carboxylic acids is 1.